The van der Waals surface area contributed by atoms with E-state index in [0.717, 1.165) is 44.5 Å². The molecule has 2 aromatic carbocycles. The van der Waals surface area contributed by atoms with Crippen molar-refractivity contribution in [1.82, 2.24) is 10.2 Å². The molecular weight excluding hydrogens is 312 g/mol. The maximum Gasteiger partial charge on any atom is 0.255 e. The second kappa shape index (κ2) is 8.17. The molecule has 0 unspecified atom stereocenters. The lowest BCUT2D eigenvalue weighted by Crippen LogP contribution is -2.44. The van der Waals surface area contributed by atoms with Crippen LogP contribution in [-0.2, 0) is 6.42 Å². The summed E-state index contributed by atoms with van der Waals surface area (Å²) in [6, 6.07) is 15.6. The van der Waals surface area contributed by atoms with Crippen LogP contribution in [0.4, 0.5) is 0 Å². The number of piperidine rings is 1. The standard InChI is InChI=1S/C21H26N2O2/c1-2-23-12-10-18(11-13-23)22-21(25)19-15-17(8-9-20(19)24)14-16-6-4-3-5-7-16/h3-9,15,18,24H,2,10-14H2,1H3,(H,22,25). The fourth-order valence-electron chi connectivity index (χ4n) is 3.36. The van der Waals surface area contributed by atoms with Crippen molar-refractivity contribution < 1.29 is 9.90 Å². The first-order valence-electron chi connectivity index (χ1n) is 9.04. The van der Waals surface area contributed by atoms with Gasteiger partial charge in [-0.2, -0.15) is 0 Å². The van der Waals surface area contributed by atoms with Gasteiger partial charge in [0.05, 0.1) is 5.56 Å². The number of carbonyl (C=O) groups is 1. The van der Waals surface area contributed by atoms with Crippen LogP contribution in [0.1, 0.15) is 41.3 Å². The highest BCUT2D eigenvalue weighted by molar-refractivity contribution is 5.97. The quantitative estimate of drug-likeness (QED) is 0.880. The third-order valence-electron chi connectivity index (χ3n) is 4.93. The highest BCUT2D eigenvalue weighted by atomic mass is 16.3. The van der Waals surface area contributed by atoms with Gasteiger partial charge in [-0.1, -0.05) is 43.3 Å². The van der Waals surface area contributed by atoms with Crippen molar-refractivity contribution in [3.05, 3.63) is 65.2 Å². The molecule has 0 atom stereocenters. The maximum atomic E-state index is 12.6. The molecule has 0 aliphatic carbocycles. The monoisotopic (exact) mass is 338 g/mol. The SMILES string of the molecule is CCN1CCC(NC(=O)c2cc(Cc3ccccc3)ccc2O)CC1. The molecule has 1 saturated heterocycles. The summed E-state index contributed by atoms with van der Waals surface area (Å²) in [5, 5.41) is 13.2. The number of carbonyl (C=O) groups excluding carboxylic acids is 1. The molecule has 4 nitrogen and oxygen atoms in total. The Labute approximate surface area is 149 Å². The van der Waals surface area contributed by atoms with Gasteiger partial charge in [-0.15, -0.1) is 0 Å². The van der Waals surface area contributed by atoms with E-state index < -0.39 is 0 Å². The normalized spacial score (nSPS) is 15.9. The van der Waals surface area contributed by atoms with Crippen LogP contribution < -0.4 is 5.32 Å². The summed E-state index contributed by atoms with van der Waals surface area (Å²) < 4.78 is 0. The summed E-state index contributed by atoms with van der Waals surface area (Å²) in [7, 11) is 0. The number of benzene rings is 2. The number of hydrogen-bond donors (Lipinski definition) is 2. The molecule has 2 N–H and O–H groups in total. The van der Waals surface area contributed by atoms with Gasteiger partial charge in [0, 0.05) is 19.1 Å². The molecule has 3 rings (SSSR count). The van der Waals surface area contributed by atoms with Crippen LogP contribution in [0.2, 0.25) is 0 Å². The summed E-state index contributed by atoms with van der Waals surface area (Å²) in [5.41, 5.74) is 2.58. The number of aromatic hydroxyl groups is 1. The van der Waals surface area contributed by atoms with E-state index in [2.05, 4.69) is 29.3 Å². The van der Waals surface area contributed by atoms with Crippen molar-refractivity contribution >= 4 is 5.91 Å². The van der Waals surface area contributed by atoms with Crippen molar-refractivity contribution in [3.8, 4) is 5.75 Å². The van der Waals surface area contributed by atoms with Crippen LogP contribution in [0.5, 0.6) is 5.75 Å². The maximum absolute atomic E-state index is 12.6. The predicted molar refractivity (Wildman–Crippen MR) is 100.0 cm³/mol. The summed E-state index contributed by atoms with van der Waals surface area (Å²) in [6.07, 6.45) is 2.67. The third-order valence-corrected chi connectivity index (χ3v) is 4.93. The van der Waals surface area contributed by atoms with Gasteiger partial charge in [-0.25, -0.2) is 0 Å². The van der Waals surface area contributed by atoms with Crippen LogP contribution in [0, 0.1) is 0 Å². The molecule has 0 aromatic heterocycles. The van der Waals surface area contributed by atoms with Crippen molar-refractivity contribution in [3.63, 3.8) is 0 Å². The molecule has 4 heteroatoms. The van der Waals surface area contributed by atoms with Gasteiger partial charge in [-0.05, 0) is 49.1 Å². The molecule has 1 aliphatic heterocycles. The minimum Gasteiger partial charge on any atom is -0.507 e. The van der Waals surface area contributed by atoms with Crippen LogP contribution in [0.25, 0.3) is 0 Å². The van der Waals surface area contributed by atoms with E-state index in [-0.39, 0.29) is 17.7 Å². The first-order chi connectivity index (χ1) is 12.2. The lowest BCUT2D eigenvalue weighted by atomic mass is 10.0. The first kappa shape index (κ1) is 17.5. The minimum absolute atomic E-state index is 0.0419. The average molecular weight is 338 g/mol. The number of phenolic OH excluding ortho intramolecular Hbond substituents is 1. The molecule has 0 spiro atoms. The Hall–Kier alpha value is -2.33. The molecule has 2 aromatic rings. The molecule has 25 heavy (non-hydrogen) atoms. The Kier molecular flexibility index (Phi) is 5.71. The Morgan fingerprint density at radius 3 is 2.52 bits per heavy atom. The third kappa shape index (κ3) is 4.60. The molecule has 0 radical (unpaired) electrons. The molecule has 1 fully saturated rings. The van der Waals surface area contributed by atoms with Crippen molar-refractivity contribution in [2.45, 2.75) is 32.2 Å². The van der Waals surface area contributed by atoms with Crippen molar-refractivity contribution in [2.24, 2.45) is 0 Å². The molecular formula is C21H26N2O2. The van der Waals surface area contributed by atoms with E-state index in [1.54, 1.807) is 12.1 Å². The van der Waals surface area contributed by atoms with Gasteiger partial charge in [0.2, 0.25) is 0 Å². The molecule has 1 heterocycles. The Morgan fingerprint density at radius 1 is 1.12 bits per heavy atom. The highest BCUT2D eigenvalue weighted by Gasteiger charge is 2.21. The van der Waals surface area contributed by atoms with E-state index in [0.29, 0.717) is 5.56 Å². The number of nitrogens with zero attached hydrogens (tertiary/aromatic N) is 1. The minimum atomic E-state index is -0.178. The summed E-state index contributed by atoms with van der Waals surface area (Å²) in [6.45, 7) is 5.25. The van der Waals surface area contributed by atoms with E-state index in [1.165, 1.54) is 5.56 Å². The van der Waals surface area contributed by atoms with Crippen LogP contribution >= 0.6 is 0 Å². The Bertz CT molecular complexity index is 707. The predicted octanol–water partition coefficient (Wildman–Crippen LogP) is 3.20. The fraction of sp³-hybridized carbons (Fsp3) is 0.381. The van der Waals surface area contributed by atoms with Crippen LogP contribution in [-0.4, -0.2) is 41.6 Å². The largest absolute Gasteiger partial charge is 0.507 e. The van der Waals surface area contributed by atoms with E-state index in [4.69, 9.17) is 0 Å². The topological polar surface area (TPSA) is 52.6 Å². The summed E-state index contributed by atoms with van der Waals surface area (Å²) >= 11 is 0. The number of likely N-dealkylation sites (tertiary alicyclic amines) is 1. The second-order valence-electron chi connectivity index (χ2n) is 6.70. The number of amides is 1. The van der Waals surface area contributed by atoms with Crippen molar-refractivity contribution in [2.75, 3.05) is 19.6 Å². The van der Waals surface area contributed by atoms with Gasteiger partial charge >= 0.3 is 0 Å². The van der Waals surface area contributed by atoms with E-state index in [1.807, 2.05) is 24.3 Å². The zero-order chi connectivity index (χ0) is 17.6. The van der Waals surface area contributed by atoms with Gasteiger partial charge in [-0.3, -0.25) is 4.79 Å². The van der Waals surface area contributed by atoms with Gasteiger partial charge < -0.3 is 15.3 Å². The zero-order valence-corrected chi connectivity index (χ0v) is 14.7. The molecule has 0 saturated carbocycles. The highest BCUT2D eigenvalue weighted by Crippen LogP contribution is 2.21. The van der Waals surface area contributed by atoms with Crippen molar-refractivity contribution in [1.29, 1.82) is 0 Å². The molecule has 1 amide bonds. The average Bonchev–Trinajstić information content (AvgIpc) is 2.65. The number of phenols is 1. The first-order valence-corrected chi connectivity index (χ1v) is 9.04. The van der Waals surface area contributed by atoms with Gasteiger partial charge in [0.15, 0.2) is 0 Å². The fourth-order valence-corrected chi connectivity index (χ4v) is 3.36. The zero-order valence-electron chi connectivity index (χ0n) is 14.7. The molecule has 132 valence electrons. The summed E-state index contributed by atoms with van der Waals surface area (Å²) in [4.78, 5) is 15.0. The van der Waals surface area contributed by atoms with E-state index in [9.17, 15) is 9.90 Å². The van der Waals surface area contributed by atoms with E-state index >= 15 is 0 Å². The summed E-state index contributed by atoms with van der Waals surface area (Å²) in [5.74, 6) is -0.136. The lowest BCUT2D eigenvalue weighted by Gasteiger charge is -2.31. The number of hydrogen-bond acceptors (Lipinski definition) is 3. The van der Waals surface area contributed by atoms with Crippen LogP contribution in [0.15, 0.2) is 48.5 Å². The van der Waals surface area contributed by atoms with Gasteiger partial charge in [0.1, 0.15) is 5.75 Å². The van der Waals surface area contributed by atoms with Crippen LogP contribution in [0.3, 0.4) is 0 Å². The Morgan fingerprint density at radius 2 is 1.84 bits per heavy atom. The number of nitrogens with one attached hydrogen (secondary N) is 1. The smallest absolute Gasteiger partial charge is 0.255 e. The van der Waals surface area contributed by atoms with Gasteiger partial charge in [0.25, 0.3) is 5.91 Å². The lowest BCUT2D eigenvalue weighted by molar-refractivity contribution is 0.0910. The number of rotatable bonds is 5. The Balaban J connectivity index is 1.66. The molecule has 1 aliphatic rings. The second-order valence-corrected chi connectivity index (χ2v) is 6.70. The molecule has 0 bridgehead atoms.